The van der Waals surface area contributed by atoms with E-state index in [1.54, 1.807) is 6.07 Å². The van der Waals surface area contributed by atoms with Crippen LogP contribution in [0.5, 0.6) is 5.75 Å². The van der Waals surface area contributed by atoms with Crippen LogP contribution in [0, 0.1) is 17.1 Å². The predicted molar refractivity (Wildman–Crippen MR) is 47.8 cm³/mol. The topological polar surface area (TPSA) is 61.1 Å². The molecule has 0 bridgehead atoms. The number of rotatable bonds is 2. The number of carbonyl (C=O) groups excluding carboxylic acids is 1. The maximum absolute atomic E-state index is 12.8. The van der Waals surface area contributed by atoms with Crippen LogP contribution in [0.2, 0.25) is 0 Å². The first-order valence-electron chi connectivity index (χ1n) is 3.62. The van der Waals surface area contributed by atoms with Crippen LogP contribution in [0.3, 0.4) is 0 Å². The summed E-state index contributed by atoms with van der Waals surface area (Å²) in [6, 6.07) is 3.37. The summed E-state index contributed by atoms with van der Waals surface area (Å²) in [5.74, 6) is -2.49. The van der Waals surface area contributed by atoms with Gasteiger partial charge in [0.15, 0.2) is 17.3 Å². The van der Waals surface area contributed by atoms with Crippen LogP contribution >= 0.6 is 11.6 Å². The normalized spacial score (nSPS) is 9.50. The Morgan fingerprint density at radius 3 is 2.79 bits per heavy atom. The molecule has 0 unspecified atom stereocenters. The van der Waals surface area contributed by atoms with Crippen molar-refractivity contribution in [2.24, 2.45) is 0 Å². The average Bonchev–Trinajstić information content (AvgIpc) is 2.20. The minimum atomic E-state index is -0.947. The molecule has 72 valence electrons. The average molecular weight is 214 g/mol. The highest BCUT2D eigenvalue weighted by atomic mass is 35.5. The van der Waals surface area contributed by atoms with E-state index in [-0.39, 0.29) is 17.0 Å². The molecule has 0 aliphatic carbocycles. The van der Waals surface area contributed by atoms with Gasteiger partial charge < -0.3 is 5.11 Å². The van der Waals surface area contributed by atoms with E-state index in [2.05, 4.69) is 0 Å². The Balaban J connectivity index is 3.36. The van der Waals surface area contributed by atoms with Crippen molar-refractivity contribution in [3.05, 3.63) is 29.1 Å². The second-order valence-corrected chi connectivity index (χ2v) is 2.79. The van der Waals surface area contributed by atoms with Gasteiger partial charge in [0.2, 0.25) is 0 Å². The molecule has 1 N–H and O–H groups in total. The molecule has 3 nitrogen and oxygen atoms in total. The summed E-state index contributed by atoms with van der Waals surface area (Å²) in [6.07, 6.45) is 0. The molecule has 5 heteroatoms. The van der Waals surface area contributed by atoms with Crippen molar-refractivity contribution in [1.29, 1.82) is 5.26 Å². The molecule has 0 aliphatic rings. The molecule has 0 atom stereocenters. The molecule has 0 spiro atoms. The molecule has 0 aromatic heterocycles. The number of nitriles is 1. The van der Waals surface area contributed by atoms with Gasteiger partial charge in [-0.2, -0.15) is 5.26 Å². The summed E-state index contributed by atoms with van der Waals surface area (Å²) in [5, 5.41) is 17.5. The number of phenols is 1. The molecule has 1 aromatic carbocycles. The largest absolute Gasteiger partial charge is 0.505 e. The summed E-state index contributed by atoms with van der Waals surface area (Å²) in [7, 11) is 0. The maximum atomic E-state index is 12.8. The summed E-state index contributed by atoms with van der Waals surface area (Å²) < 4.78 is 12.8. The number of halogens is 2. The molecule has 0 saturated heterocycles. The Labute approximate surface area is 84.3 Å². The number of hydrogen-bond acceptors (Lipinski definition) is 3. The van der Waals surface area contributed by atoms with Crippen molar-refractivity contribution >= 4 is 17.4 Å². The molecule has 0 heterocycles. The predicted octanol–water partition coefficient (Wildman–Crippen LogP) is 1.82. The Kier molecular flexibility index (Phi) is 3.05. The maximum Gasteiger partial charge on any atom is 0.179 e. The lowest BCUT2D eigenvalue weighted by Gasteiger charge is -2.02. The van der Waals surface area contributed by atoms with Gasteiger partial charge in [-0.3, -0.25) is 4.79 Å². The van der Waals surface area contributed by atoms with Crippen LogP contribution in [0.4, 0.5) is 4.39 Å². The SMILES string of the molecule is N#Cc1cc(O)c(F)cc1C(=O)CCl. The quantitative estimate of drug-likeness (QED) is 0.602. The first kappa shape index (κ1) is 10.5. The highest BCUT2D eigenvalue weighted by molar-refractivity contribution is 6.30. The number of Topliss-reactive ketones (excluding diaryl/α,β-unsaturated/α-hetero) is 1. The zero-order valence-corrected chi connectivity index (χ0v) is 7.68. The molecular formula is C9H5ClFNO2. The number of phenolic OH excluding ortho intramolecular Hbond substituents is 1. The smallest absolute Gasteiger partial charge is 0.179 e. The van der Waals surface area contributed by atoms with E-state index in [4.69, 9.17) is 22.0 Å². The number of alkyl halides is 1. The van der Waals surface area contributed by atoms with Gasteiger partial charge in [-0.1, -0.05) is 0 Å². The minimum absolute atomic E-state index is 0.0884. The van der Waals surface area contributed by atoms with E-state index >= 15 is 0 Å². The molecule has 0 saturated carbocycles. The second-order valence-electron chi connectivity index (χ2n) is 2.52. The third-order valence-corrected chi connectivity index (χ3v) is 1.87. The molecular weight excluding hydrogens is 209 g/mol. The van der Waals surface area contributed by atoms with Gasteiger partial charge in [0.25, 0.3) is 0 Å². The number of hydrogen-bond donors (Lipinski definition) is 1. The highest BCUT2D eigenvalue weighted by Crippen LogP contribution is 2.21. The van der Waals surface area contributed by atoms with Gasteiger partial charge in [0.1, 0.15) is 6.07 Å². The minimum Gasteiger partial charge on any atom is -0.505 e. The first-order chi connectivity index (χ1) is 6.60. The molecule has 14 heavy (non-hydrogen) atoms. The number of nitrogens with zero attached hydrogens (tertiary/aromatic N) is 1. The van der Waals surface area contributed by atoms with Crippen LogP contribution in [0.15, 0.2) is 12.1 Å². The lowest BCUT2D eigenvalue weighted by Crippen LogP contribution is -2.04. The third kappa shape index (κ3) is 1.83. The van der Waals surface area contributed by atoms with Crippen molar-refractivity contribution in [3.63, 3.8) is 0 Å². The number of ketones is 1. The van der Waals surface area contributed by atoms with Crippen molar-refractivity contribution in [2.45, 2.75) is 0 Å². The van der Waals surface area contributed by atoms with Gasteiger partial charge in [-0.15, -0.1) is 11.6 Å². The van der Waals surface area contributed by atoms with Crippen molar-refractivity contribution in [1.82, 2.24) is 0 Å². The summed E-state index contributed by atoms with van der Waals surface area (Å²) in [6.45, 7) is 0. The number of carbonyl (C=O) groups is 1. The highest BCUT2D eigenvalue weighted by Gasteiger charge is 2.14. The van der Waals surface area contributed by atoms with Crippen molar-refractivity contribution in [2.75, 3.05) is 5.88 Å². The van der Waals surface area contributed by atoms with E-state index < -0.39 is 17.3 Å². The van der Waals surface area contributed by atoms with Crippen LogP contribution in [0.1, 0.15) is 15.9 Å². The van der Waals surface area contributed by atoms with Gasteiger partial charge in [0.05, 0.1) is 11.4 Å². The summed E-state index contributed by atoms with van der Waals surface area (Å²) >= 11 is 5.26. The van der Waals surface area contributed by atoms with Crippen molar-refractivity contribution in [3.8, 4) is 11.8 Å². The first-order valence-corrected chi connectivity index (χ1v) is 4.15. The van der Waals surface area contributed by atoms with E-state index in [0.717, 1.165) is 12.1 Å². The Bertz CT molecular complexity index is 426. The molecule has 0 aliphatic heterocycles. The standard InChI is InChI=1S/C9H5ClFNO2/c10-3-9(14)6-2-7(11)8(13)1-5(6)4-12/h1-2,13H,3H2. The van der Waals surface area contributed by atoms with E-state index in [1.807, 2.05) is 0 Å². The lowest BCUT2D eigenvalue weighted by atomic mass is 10.0. The second kappa shape index (κ2) is 4.07. The van der Waals surface area contributed by atoms with Gasteiger partial charge >= 0.3 is 0 Å². The molecule has 1 rings (SSSR count). The van der Waals surface area contributed by atoms with E-state index in [0.29, 0.717) is 0 Å². The van der Waals surface area contributed by atoms with Gasteiger partial charge in [-0.05, 0) is 6.07 Å². The molecule has 0 radical (unpaired) electrons. The van der Waals surface area contributed by atoms with Crippen LogP contribution in [-0.2, 0) is 0 Å². The lowest BCUT2D eigenvalue weighted by molar-refractivity contribution is 0.102. The zero-order chi connectivity index (χ0) is 10.7. The number of benzene rings is 1. The van der Waals surface area contributed by atoms with Crippen LogP contribution < -0.4 is 0 Å². The van der Waals surface area contributed by atoms with E-state index in [9.17, 15) is 9.18 Å². The summed E-state index contributed by atoms with van der Waals surface area (Å²) in [4.78, 5) is 11.1. The fraction of sp³-hybridized carbons (Fsp3) is 0.111. The monoisotopic (exact) mass is 213 g/mol. The van der Waals surface area contributed by atoms with Gasteiger partial charge in [-0.25, -0.2) is 4.39 Å². The van der Waals surface area contributed by atoms with Crippen molar-refractivity contribution < 1.29 is 14.3 Å². The molecule has 1 aromatic rings. The third-order valence-electron chi connectivity index (χ3n) is 1.63. The summed E-state index contributed by atoms with van der Waals surface area (Å²) in [5.41, 5.74) is -0.202. The number of aromatic hydroxyl groups is 1. The fourth-order valence-corrected chi connectivity index (χ4v) is 1.10. The molecule has 0 fully saturated rings. The van der Waals surface area contributed by atoms with Crippen LogP contribution in [0.25, 0.3) is 0 Å². The van der Waals surface area contributed by atoms with E-state index in [1.165, 1.54) is 0 Å². The fourth-order valence-electron chi connectivity index (χ4n) is 0.957. The Morgan fingerprint density at radius 1 is 1.64 bits per heavy atom. The Hall–Kier alpha value is -1.60. The van der Waals surface area contributed by atoms with Crippen LogP contribution in [-0.4, -0.2) is 16.8 Å². The Morgan fingerprint density at radius 2 is 2.29 bits per heavy atom. The zero-order valence-electron chi connectivity index (χ0n) is 6.92. The van der Waals surface area contributed by atoms with Gasteiger partial charge in [0, 0.05) is 11.6 Å². The molecule has 0 amide bonds.